The number of piperidine rings is 1. The molecular weight excluding hydrogens is 337 g/mol. The number of aromatic hydroxyl groups is 1. The van der Waals surface area contributed by atoms with E-state index in [1.54, 1.807) is 29.2 Å². The zero-order valence-electron chi connectivity index (χ0n) is 14.7. The van der Waals surface area contributed by atoms with Crippen LogP contribution in [0, 0.1) is 11.7 Å². The number of phenolic OH excluding ortho intramolecular Hbond substituents is 1. The van der Waals surface area contributed by atoms with Crippen LogP contribution < -0.4 is 9.47 Å². The molecule has 0 bridgehead atoms. The lowest BCUT2D eigenvalue weighted by molar-refractivity contribution is 0.0633. The number of methoxy groups -OCH3 is 1. The van der Waals surface area contributed by atoms with Crippen LogP contribution in [0.4, 0.5) is 4.39 Å². The first-order valence-electron chi connectivity index (χ1n) is 8.61. The van der Waals surface area contributed by atoms with Crippen LogP contribution in [0.3, 0.4) is 0 Å². The van der Waals surface area contributed by atoms with E-state index in [1.165, 1.54) is 25.3 Å². The van der Waals surface area contributed by atoms with E-state index in [4.69, 9.17) is 9.47 Å². The van der Waals surface area contributed by atoms with E-state index in [1.807, 2.05) is 0 Å². The summed E-state index contributed by atoms with van der Waals surface area (Å²) in [6.45, 7) is 1.74. The maximum Gasteiger partial charge on any atom is 0.254 e. The molecule has 1 aliphatic heterocycles. The van der Waals surface area contributed by atoms with Crippen LogP contribution in [0.15, 0.2) is 42.5 Å². The van der Waals surface area contributed by atoms with Gasteiger partial charge in [-0.15, -0.1) is 0 Å². The number of benzene rings is 2. The first kappa shape index (κ1) is 18.0. The molecule has 3 rings (SSSR count). The molecule has 1 heterocycles. The average molecular weight is 359 g/mol. The van der Waals surface area contributed by atoms with Crippen LogP contribution in [0.2, 0.25) is 0 Å². The summed E-state index contributed by atoms with van der Waals surface area (Å²) in [4.78, 5) is 14.5. The van der Waals surface area contributed by atoms with Gasteiger partial charge in [-0.25, -0.2) is 4.39 Å². The van der Waals surface area contributed by atoms with Gasteiger partial charge in [0.15, 0.2) is 11.5 Å². The fraction of sp³-hybridized carbons (Fsp3) is 0.350. The van der Waals surface area contributed by atoms with Crippen molar-refractivity contribution in [3.63, 3.8) is 0 Å². The maximum atomic E-state index is 12.9. The lowest BCUT2D eigenvalue weighted by Crippen LogP contribution is -2.41. The third-order valence-corrected chi connectivity index (χ3v) is 4.53. The topological polar surface area (TPSA) is 59.0 Å². The predicted octanol–water partition coefficient (Wildman–Crippen LogP) is 3.47. The van der Waals surface area contributed by atoms with Crippen LogP contribution >= 0.6 is 0 Å². The van der Waals surface area contributed by atoms with E-state index >= 15 is 0 Å². The zero-order valence-corrected chi connectivity index (χ0v) is 14.7. The van der Waals surface area contributed by atoms with E-state index in [0.717, 1.165) is 12.8 Å². The number of carbonyl (C=O) groups excluding carboxylic acids is 1. The molecule has 2 aromatic rings. The number of carbonyl (C=O) groups is 1. The van der Waals surface area contributed by atoms with Crippen molar-refractivity contribution in [2.45, 2.75) is 12.8 Å². The Hall–Kier alpha value is -2.76. The van der Waals surface area contributed by atoms with Crippen molar-refractivity contribution in [1.29, 1.82) is 0 Å². The summed E-state index contributed by atoms with van der Waals surface area (Å²) >= 11 is 0. The second-order valence-corrected chi connectivity index (χ2v) is 6.41. The van der Waals surface area contributed by atoms with Crippen LogP contribution in [0.1, 0.15) is 23.2 Å². The summed E-state index contributed by atoms with van der Waals surface area (Å²) in [5.74, 6) is 0.709. The molecule has 0 aromatic heterocycles. The minimum atomic E-state index is -0.297. The van der Waals surface area contributed by atoms with Gasteiger partial charge in [0, 0.05) is 24.6 Å². The van der Waals surface area contributed by atoms with Crippen molar-refractivity contribution in [2.75, 3.05) is 26.8 Å². The summed E-state index contributed by atoms with van der Waals surface area (Å²) in [7, 11) is 1.47. The summed E-state index contributed by atoms with van der Waals surface area (Å²) in [5.41, 5.74) is 0.434. The van der Waals surface area contributed by atoms with Crippen molar-refractivity contribution in [3.05, 3.63) is 53.8 Å². The monoisotopic (exact) mass is 359 g/mol. The molecule has 1 aliphatic rings. The predicted molar refractivity (Wildman–Crippen MR) is 95.2 cm³/mol. The first-order valence-corrected chi connectivity index (χ1v) is 8.61. The molecule has 2 aromatic carbocycles. The van der Waals surface area contributed by atoms with Crippen molar-refractivity contribution < 1.29 is 23.8 Å². The Morgan fingerprint density at radius 3 is 2.73 bits per heavy atom. The highest BCUT2D eigenvalue weighted by Gasteiger charge is 2.25. The van der Waals surface area contributed by atoms with Crippen molar-refractivity contribution in [1.82, 2.24) is 4.90 Å². The van der Waals surface area contributed by atoms with Gasteiger partial charge in [-0.2, -0.15) is 0 Å². The third-order valence-electron chi connectivity index (χ3n) is 4.53. The van der Waals surface area contributed by atoms with Crippen LogP contribution in [0.5, 0.6) is 17.2 Å². The number of rotatable bonds is 5. The minimum Gasteiger partial charge on any atom is -0.504 e. The molecule has 0 unspecified atom stereocenters. The Morgan fingerprint density at radius 1 is 1.27 bits per heavy atom. The molecule has 6 heteroatoms. The summed E-state index contributed by atoms with van der Waals surface area (Å²) in [6.07, 6.45) is 1.87. The SMILES string of the molecule is COc1ccc(C(=O)N2CCC[C@@H](COc3ccc(F)cc3)C2)cc1O. The fourth-order valence-corrected chi connectivity index (χ4v) is 3.14. The normalized spacial score (nSPS) is 17.0. The number of ether oxygens (including phenoxy) is 2. The summed E-state index contributed by atoms with van der Waals surface area (Å²) in [6, 6.07) is 10.6. The molecule has 5 nitrogen and oxygen atoms in total. The van der Waals surface area contributed by atoms with Gasteiger partial charge in [0.25, 0.3) is 5.91 Å². The second kappa shape index (κ2) is 8.08. The summed E-state index contributed by atoms with van der Waals surface area (Å²) < 4.78 is 23.7. The van der Waals surface area contributed by atoms with E-state index in [2.05, 4.69) is 0 Å². The van der Waals surface area contributed by atoms with Gasteiger partial charge < -0.3 is 19.5 Å². The molecular formula is C20H22FNO4. The highest BCUT2D eigenvalue weighted by Crippen LogP contribution is 2.28. The molecule has 0 spiro atoms. The second-order valence-electron chi connectivity index (χ2n) is 6.41. The number of hydrogen-bond acceptors (Lipinski definition) is 4. The van der Waals surface area contributed by atoms with Crippen molar-refractivity contribution >= 4 is 5.91 Å². The number of likely N-dealkylation sites (tertiary alicyclic amines) is 1. The van der Waals surface area contributed by atoms with Crippen LogP contribution in [-0.2, 0) is 0 Å². The standard InChI is InChI=1S/C20H22FNO4/c1-25-19-9-4-15(11-18(19)23)20(24)22-10-2-3-14(12-22)13-26-17-7-5-16(21)6-8-17/h4-9,11,14,23H,2-3,10,12-13H2,1H3/t14-/m1/s1. The molecule has 0 radical (unpaired) electrons. The highest BCUT2D eigenvalue weighted by molar-refractivity contribution is 5.95. The van der Waals surface area contributed by atoms with Gasteiger partial charge in [0.1, 0.15) is 11.6 Å². The third kappa shape index (κ3) is 4.25. The molecule has 1 atom stereocenters. The smallest absolute Gasteiger partial charge is 0.254 e. The Morgan fingerprint density at radius 2 is 2.04 bits per heavy atom. The summed E-state index contributed by atoms with van der Waals surface area (Å²) in [5, 5.41) is 9.88. The lowest BCUT2D eigenvalue weighted by Gasteiger charge is -2.32. The van der Waals surface area contributed by atoms with Crippen LogP contribution in [0.25, 0.3) is 0 Å². The molecule has 1 N–H and O–H groups in total. The molecule has 1 fully saturated rings. The zero-order chi connectivity index (χ0) is 18.5. The Kier molecular flexibility index (Phi) is 5.61. The Bertz CT molecular complexity index is 763. The minimum absolute atomic E-state index is 0.0495. The van der Waals surface area contributed by atoms with Gasteiger partial charge in [-0.3, -0.25) is 4.79 Å². The molecule has 1 saturated heterocycles. The van der Waals surface area contributed by atoms with Gasteiger partial charge >= 0.3 is 0 Å². The molecule has 0 aliphatic carbocycles. The van der Waals surface area contributed by atoms with E-state index in [9.17, 15) is 14.3 Å². The van der Waals surface area contributed by atoms with Crippen molar-refractivity contribution in [3.8, 4) is 17.2 Å². The van der Waals surface area contributed by atoms with Gasteiger partial charge in [-0.1, -0.05) is 0 Å². The average Bonchev–Trinajstić information content (AvgIpc) is 2.67. The number of hydrogen-bond donors (Lipinski definition) is 1. The maximum absolute atomic E-state index is 12.9. The highest BCUT2D eigenvalue weighted by atomic mass is 19.1. The fourth-order valence-electron chi connectivity index (χ4n) is 3.14. The number of amides is 1. The molecule has 0 saturated carbocycles. The molecule has 138 valence electrons. The van der Waals surface area contributed by atoms with Gasteiger partial charge in [0.05, 0.1) is 13.7 Å². The van der Waals surface area contributed by atoms with Crippen LogP contribution in [-0.4, -0.2) is 42.7 Å². The number of halogens is 1. The Balaban J connectivity index is 1.59. The Labute approximate surface area is 152 Å². The van der Waals surface area contributed by atoms with Gasteiger partial charge in [-0.05, 0) is 55.3 Å². The van der Waals surface area contributed by atoms with Gasteiger partial charge in [0.2, 0.25) is 0 Å². The largest absolute Gasteiger partial charge is 0.504 e. The number of phenols is 1. The number of nitrogens with zero attached hydrogens (tertiary/aromatic N) is 1. The first-order chi connectivity index (χ1) is 12.6. The van der Waals surface area contributed by atoms with E-state index in [-0.39, 0.29) is 23.4 Å². The van der Waals surface area contributed by atoms with Crippen molar-refractivity contribution in [2.24, 2.45) is 5.92 Å². The molecule has 26 heavy (non-hydrogen) atoms. The quantitative estimate of drug-likeness (QED) is 0.888. The van der Waals surface area contributed by atoms with E-state index < -0.39 is 0 Å². The van der Waals surface area contributed by atoms with E-state index in [0.29, 0.717) is 36.8 Å². The molecule has 1 amide bonds. The lowest BCUT2D eigenvalue weighted by atomic mass is 9.98.